The zero-order valence-electron chi connectivity index (χ0n) is 14.4. The van der Waals surface area contributed by atoms with Gasteiger partial charge in [-0.2, -0.15) is 0 Å². The number of carbonyl (C=O) groups is 1. The number of amides is 1. The number of likely N-dealkylation sites (tertiary alicyclic amines) is 1. The molecule has 0 radical (unpaired) electrons. The van der Waals surface area contributed by atoms with Crippen molar-refractivity contribution in [2.45, 2.75) is 47.0 Å². The summed E-state index contributed by atoms with van der Waals surface area (Å²) < 4.78 is 0. The molecule has 0 aromatic carbocycles. The first-order valence-corrected chi connectivity index (χ1v) is 8.51. The Hall–Kier alpha value is -1.43. The second-order valence-electron chi connectivity index (χ2n) is 7.48. The number of aromatic nitrogens is 3. The van der Waals surface area contributed by atoms with Crippen molar-refractivity contribution in [2.24, 2.45) is 11.3 Å². The monoisotopic (exact) mass is 339 g/mol. The summed E-state index contributed by atoms with van der Waals surface area (Å²) in [6.45, 7) is 10.5. The fraction of sp³-hybridized carbons (Fsp3) is 0.750. The van der Waals surface area contributed by atoms with Gasteiger partial charge < -0.3 is 10.2 Å². The summed E-state index contributed by atoms with van der Waals surface area (Å²) in [4.78, 5) is 18.6. The van der Waals surface area contributed by atoms with Crippen LogP contribution in [0, 0.1) is 18.3 Å². The number of nitrogens with zero attached hydrogens (tertiary/aromatic N) is 4. The van der Waals surface area contributed by atoms with Crippen LogP contribution in [0.1, 0.15) is 45.7 Å². The number of rotatable bonds is 4. The minimum absolute atomic E-state index is 0.0304. The van der Waals surface area contributed by atoms with E-state index in [1.54, 1.807) is 6.92 Å². The minimum atomic E-state index is 0.0304. The second-order valence-corrected chi connectivity index (χ2v) is 7.84. The van der Waals surface area contributed by atoms with Crippen molar-refractivity contribution >= 4 is 23.5 Å². The number of aryl methyl sites for hydroxylation is 1. The Morgan fingerprint density at radius 2 is 2.13 bits per heavy atom. The molecule has 0 saturated carbocycles. The van der Waals surface area contributed by atoms with Crippen LogP contribution in [0.4, 0.5) is 5.95 Å². The van der Waals surface area contributed by atoms with Gasteiger partial charge in [-0.05, 0) is 31.1 Å². The summed E-state index contributed by atoms with van der Waals surface area (Å²) in [6.07, 6.45) is 2.74. The first-order valence-electron chi connectivity index (χ1n) is 8.13. The van der Waals surface area contributed by atoms with Crippen LogP contribution in [-0.4, -0.2) is 45.6 Å². The van der Waals surface area contributed by atoms with Crippen molar-refractivity contribution in [3.63, 3.8) is 0 Å². The van der Waals surface area contributed by atoms with Gasteiger partial charge in [-0.3, -0.25) is 4.79 Å². The third-order valence-corrected chi connectivity index (χ3v) is 4.26. The van der Waals surface area contributed by atoms with E-state index < -0.39 is 0 Å². The number of hydrogen-bond donors (Lipinski definition) is 1. The normalized spacial score (nSPS) is 18.8. The van der Waals surface area contributed by atoms with Gasteiger partial charge in [0.25, 0.3) is 0 Å². The molecular weight excluding hydrogens is 314 g/mol. The first-order chi connectivity index (χ1) is 10.7. The van der Waals surface area contributed by atoms with Gasteiger partial charge in [-0.25, -0.2) is 4.98 Å². The lowest BCUT2D eigenvalue weighted by atomic mass is 9.90. The summed E-state index contributed by atoms with van der Waals surface area (Å²) in [5.41, 5.74) is 0.692. The Labute approximate surface area is 143 Å². The molecule has 1 aromatic rings. The highest BCUT2D eigenvalue weighted by Gasteiger charge is 2.26. The average Bonchev–Trinajstić information content (AvgIpc) is 2.47. The fourth-order valence-corrected chi connectivity index (χ4v) is 2.81. The highest BCUT2D eigenvalue weighted by atomic mass is 35.5. The third kappa shape index (κ3) is 5.61. The molecule has 0 spiro atoms. The molecule has 1 fully saturated rings. The van der Waals surface area contributed by atoms with Gasteiger partial charge >= 0.3 is 0 Å². The van der Waals surface area contributed by atoms with Gasteiger partial charge in [0.05, 0.1) is 5.69 Å². The number of nitrogens with one attached hydrogen (secondary N) is 1. The molecule has 1 amide bonds. The summed E-state index contributed by atoms with van der Waals surface area (Å²) in [5, 5.41) is 11.3. The maximum atomic E-state index is 12.4. The number of carbonyl (C=O) groups excluding carboxylic acids is 1. The molecule has 1 aromatic heterocycles. The highest BCUT2D eigenvalue weighted by molar-refractivity contribution is 6.29. The van der Waals surface area contributed by atoms with Crippen LogP contribution in [-0.2, 0) is 4.79 Å². The molecule has 1 saturated heterocycles. The van der Waals surface area contributed by atoms with E-state index in [0.717, 1.165) is 32.5 Å². The number of hydrogen-bond acceptors (Lipinski definition) is 5. The Morgan fingerprint density at radius 3 is 2.78 bits per heavy atom. The molecule has 1 aliphatic heterocycles. The molecule has 2 heterocycles. The quantitative estimate of drug-likeness (QED) is 0.913. The zero-order chi connectivity index (χ0) is 17.0. The van der Waals surface area contributed by atoms with Crippen molar-refractivity contribution in [3.8, 4) is 0 Å². The Kier molecular flexibility index (Phi) is 5.79. The number of halogens is 1. The minimum Gasteiger partial charge on any atom is -0.353 e. The molecule has 1 atom stereocenters. The maximum Gasteiger partial charge on any atom is 0.243 e. The summed E-state index contributed by atoms with van der Waals surface area (Å²) >= 11 is 5.83. The van der Waals surface area contributed by atoms with Gasteiger partial charge in [0.2, 0.25) is 11.9 Å². The topological polar surface area (TPSA) is 71.0 Å². The fourth-order valence-electron chi connectivity index (χ4n) is 2.73. The molecule has 2 rings (SSSR count). The van der Waals surface area contributed by atoms with Crippen LogP contribution in [0.25, 0.3) is 0 Å². The van der Waals surface area contributed by atoms with Gasteiger partial charge in [0.15, 0.2) is 5.15 Å². The standard InChI is InChI=1S/C16H26ClN5O/c1-11-14(17)20-21-15(19-11)18-9-12-6-5-7-22(10-12)13(23)8-16(2,3)4/h12H,5-10H2,1-4H3,(H,18,19,21)/t12-/m0/s1. The van der Waals surface area contributed by atoms with Gasteiger partial charge in [0, 0.05) is 26.1 Å². The van der Waals surface area contributed by atoms with E-state index in [0.29, 0.717) is 29.1 Å². The second kappa shape index (κ2) is 7.43. The number of anilines is 1. The molecule has 7 heteroatoms. The van der Waals surface area contributed by atoms with E-state index in [4.69, 9.17) is 11.6 Å². The van der Waals surface area contributed by atoms with E-state index in [-0.39, 0.29) is 11.3 Å². The average molecular weight is 340 g/mol. The van der Waals surface area contributed by atoms with E-state index in [9.17, 15) is 4.79 Å². The molecule has 1 N–H and O–H groups in total. The lowest BCUT2D eigenvalue weighted by Crippen LogP contribution is -2.43. The van der Waals surface area contributed by atoms with Crippen LogP contribution >= 0.6 is 11.6 Å². The van der Waals surface area contributed by atoms with E-state index in [1.165, 1.54) is 0 Å². The van der Waals surface area contributed by atoms with Crippen molar-refractivity contribution < 1.29 is 4.79 Å². The largest absolute Gasteiger partial charge is 0.353 e. The Morgan fingerprint density at radius 1 is 1.39 bits per heavy atom. The molecular formula is C16H26ClN5O. The lowest BCUT2D eigenvalue weighted by molar-refractivity contribution is -0.134. The molecule has 23 heavy (non-hydrogen) atoms. The predicted octanol–water partition coefficient (Wildman–Crippen LogP) is 2.92. The number of piperidine rings is 1. The zero-order valence-corrected chi connectivity index (χ0v) is 15.2. The summed E-state index contributed by atoms with van der Waals surface area (Å²) in [7, 11) is 0. The van der Waals surface area contributed by atoms with E-state index in [2.05, 4.69) is 41.3 Å². The van der Waals surface area contributed by atoms with Crippen LogP contribution in [0.5, 0.6) is 0 Å². The molecule has 128 valence electrons. The van der Waals surface area contributed by atoms with Gasteiger partial charge in [-0.1, -0.05) is 32.4 Å². The molecule has 0 bridgehead atoms. The maximum absolute atomic E-state index is 12.4. The van der Waals surface area contributed by atoms with Gasteiger partial charge in [-0.15, -0.1) is 10.2 Å². The molecule has 0 unspecified atom stereocenters. The molecule has 0 aliphatic carbocycles. The summed E-state index contributed by atoms with van der Waals surface area (Å²) in [5.74, 6) is 1.15. The van der Waals surface area contributed by atoms with Crippen LogP contribution in [0.3, 0.4) is 0 Å². The lowest BCUT2D eigenvalue weighted by Gasteiger charge is -2.34. The van der Waals surface area contributed by atoms with Crippen molar-refractivity contribution in [1.29, 1.82) is 0 Å². The van der Waals surface area contributed by atoms with Crippen molar-refractivity contribution in [1.82, 2.24) is 20.1 Å². The smallest absolute Gasteiger partial charge is 0.243 e. The predicted molar refractivity (Wildman–Crippen MR) is 91.4 cm³/mol. The van der Waals surface area contributed by atoms with Crippen LogP contribution < -0.4 is 5.32 Å². The molecule has 1 aliphatic rings. The third-order valence-electron chi connectivity index (χ3n) is 3.91. The van der Waals surface area contributed by atoms with Crippen LogP contribution in [0.2, 0.25) is 5.15 Å². The molecule has 6 nitrogen and oxygen atoms in total. The van der Waals surface area contributed by atoms with Gasteiger partial charge in [0.1, 0.15) is 0 Å². The summed E-state index contributed by atoms with van der Waals surface area (Å²) in [6, 6.07) is 0. The van der Waals surface area contributed by atoms with Crippen LogP contribution in [0.15, 0.2) is 0 Å². The SMILES string of the molecule is Cc1nc(NC[C@@H]2CCCN(C(=O)CC(C)(C)C)C2)nnc1Cl. The Balaban J connectivity index is 1.86. The van der Waals surface area contributed by atoms with Crippen molar-refractivity contribution in [3.05, 3.63) is 10.8 Å². The van der Waals surface area contributed by atoms with E-state index >= 15 is 0 Å². The van der Waals surface area contributed by atoms with E-state index in [1.807, 2.05) is 4.90 Å². The first kappa shape index (κ1) is 17.9. The highest BCUT2D eigenvalue weighted by Crippen LogP contribution is 2.23. The Bertz CT molecular complexity index is 558. The van der Waals surface area contributed by atoms with Crippen molar-refractivity contribution in [2.75, 3.05) is 25.0 Å².